The van der Waals surface area contributed by atoms with Gasteiger partial charge in [0, 0.05) is 9.49 Å². The molecule has 1 aliphatic rings. The molecule has 0 bridgehead atoms. The van der Waals surface area contributed by atoms with E-state index in [2.05, 4.69) is 50.8 Å². The van der Waals surface area contributed by atoms with Crippen molar-refractivity contribution in [2.24, 2.45) is 0 Å². The van der Waals surface area contributed by atoms with Crippen LogP contribution in [0.5, 0.6) is 0 Å². The molecule has 1 aliphatic carbocycles. The first-order valence-electron chi connectivity index (χ1n) is 4.49. The standard InChI is InChI=1S/C10H9IN2/c11-7-2-1-3-8-9(7)13-10(12-8)6-4-5-6/h1-3,6H,4-5H2,(H,12,13). The molecule has 1 saturated carbocycles. The smallest absolute Gasteiger partial charge is 0.110 e. The summed E-state index contributed by atoms with van der Waals surface area (Å²) in [6, 6.07) is 6.26. The van der Waals surface area contributed by atoms with E-state index in [0.29, 0.717) is 5.92 Å². The Morgan fingerprint density at radius 3 is 2.92 bits per heavy atom. The molecule has 0 radical (unpaired) electrons. The highest BCUT2D eigenvalue weighted by Crippen LogP contribution is 2.39. The number of nitrogens with zero attached hydrogens (tertiary/aromatic N) is 1. The fraction of sp³-hybridized carbons (Fsp3) is 0.300. The van der Waals surface area contributed by atoms with Crippen LogP contribution in [0.3, 0.4) is 0 Å². The number of para-hydroxylation sites is 1. The van der Waals surface area contributed by atoms with Gasteiger partial charge < -0.3 is 4.98 Å². The summed E-state index contributed by atoms with van der Waals surface area (Å²) in [6.07, 6.45) is 2.60. The van der Waals surface area contributed by atoms with Crippen LogP contribution in [0.1, 0.15) is 24.6 Å². The number of benzene rings is 1. The van der Waals surface area contributed by atoms with E-state index in [4.69, 9.17) is 0 Å². The third-order valence-corrected chi connectivity index (χ3v) is 3.32. The SMILES string of the molecule is Ic1cccc2[nH]c(C3CC3)nc12. The van der Waals surface area contributed by atoms with Gasteiger partial charge in [-0.25, -0.2) is 4.98 Å². The quantitative estimate of drug-likeness (QED) is 0.801. The van der Waals surface area contributed by atoms with Crippen LogP contribution in [0.2, 0.25) is 0 Å². The number of hydrogen-bond donors (Lipinski definition) is 1. The summed E-state index contributed by atoms with van der Waals surface area (Å²) in [5.41, 5.74) is 2.30. The summed E-state index contributed by atoms with van der Waals surface area (Å²) < 4.78 is 1.23. The molecule has 0 aliphatic heterocycles. The molecule has 0 saturated heterocycles. The predicted molar refractivity (Wildman–Crippen MR) is 60.8 cm³/mol. The summed E-state index contributed by atoms with van der Waals surface area (Å²) in [5.74, 6) is 1.89. The van der Waals surface area contributed by atoms with E-state index >= 15 is 0 Å². The molecule has 2 nitrogen and oxygen atoms in total. The van der Waals surface area contributed by atoms with Crippen LogP contribution >= 0.6 is 22.6 Å². The van der Waals surface area contributed by atoms with Crippen molar-refractivity contribution in [2.75, 3.05) is 0 Å². The third kappa shape index (κ3) is 1.25. The molecule has 0 atom stereocenters. The van der Waals surface area contributed by atoms with Crippen molar-refractivity contribution in [1.82, 2.24) is 9.97 Å². The van der Waals surface area contributed by atoms with Gasteiger partial charge in [-0.1, -0.05) is 6.07 Å². The molecule has 3 rings (SSSR count). The minimum atomic E-state index is 0.711. The lowest BCUT2D eigenvalue weighted by Gasteiger charge is -1.88. The average molecular weight is 284 g/mol. The first-order chi connectivity index (χ1) is 6.34. The number of imidazole rings is 1. The Labute approximate surface area is 89.9 Å². The summed E-state index contributed by atoms with van der Waals surface area (Å²) in [4.78, 5) is 7.99. The average Bonchev–Trinajstić information content (AvgIpc) is 2.87. The molecule has 0 amide bonds. The number of hydrogen-bond acceptors (Lipinski definition) is 1. The number of H-pyrrole nitrogens is 1. The monoisotopic (exact) mass is 284 g/mol. The lowest BCUT2D eigenvalue weighted by molar-refractivity contribution is 0.986. The second-order valence-electron chi connectivity index (χ2n) is 3.53. The first kappa shape index (κ1) is 7.79. The van der Waals surface area contributed by atoms with Gasteiger partial charge in [-0.3, -0.25) is 0 Å². The fourth-order valence-corrected chi connectivity index (χ4v) is 2.19. The van der Waals surface area contributed by atoms with Gasteiger partial charge in [0.25, 0.3) is 0 Å². The molecule has 0 spiro atoms. The lowest BCUT2D eigenvalue weighted by atomic mass is 10.3. The molecule has 2 aromatic rings. The van der Waals surface area contributed by atoms with Gasteiger partial charge in [-0.15, -0.1) is 0 Å². The summed E-state index contributed by atoms with van der Waals surface area (Å²) >= 11 is 2.33. The molecule has 3 heteroatoms. The van der Waals surface area contributed by atoms with Gasteiger partial charge >= 0.3 is 0 Å². The molecule has 66 valence electrons. The first-order valence-corrected chi connectivity index (χ1v) is 5.56. The van der Waals surface area contributed by atoms with Gasteiger partial charge in [-0.05, 0) is 47.6 Å². The van der Waals surface area contributed by atoms with Gasteiger partial charge in [0.05, 0.1) is 5.52 Å². The maximum absolute atomic E-state index is 4.61. The van der Waals surface area contributed by atoms with Crippen molar-refractivity contribution in [1.29, 1.82) is 0 Å². The highest BCUT2D eigenvalue weighted by molar-refractivity contribution is 14.1. The van der Waals surface area contributed by atoms with Crippen LogP contribution < -0.4 is 0 Å². The molecule has 1 aromatic heterocycles. The van der Waals surface area contributed by atoms with Crippen molar-refractivity contribution < 1.29 is 0 Å². The van der Waals surface area contributed by atoms with Crippen LogP contribution in [0.15, 0.2) is 18.2 Å². The minimum Gasteiger partial charge on any atom is -0.342 e. The molecule has 1 heterocycles. The van der Waals surface area contributed by atoms with Crippen molar-refractivity contribution in [2.45, 2.75) is 18.8 Å². The maximum atomic E-state index is 4.61. The fourth-order valence-electron chi connectivity index (χ4n) is 1.57. The van der Waals surface area contributed by atoms with E-state index < -0.39 is 0 Å². The zero-order chi connectivity index (χ0) is 8.84. The second kappa shape index (κ2) is 2.70. The normalized spacial score (nSPS) is 16.7. The Bertz CT molecular complexity index is 457. The molecule has 1 fully saturated rings. The van der Waals surface area contributed by atoms with Crippen LogP contribution in [-0.2, 0) is 0 Å². The van der Waals surface area contributed by atoms with Gasteiger partial charge in [0.15, 0.2) is 0 Å². The van der Waals surface area contributed by atoms with E-state index in [-0.39, 0.29) is 0 Å². The molecule has 13 heavy (non-hydrogen) atoms. The number of aromatic amines is 1. The van der Waals surface area contributed by atoms with Crippen LogP contribution in [0.25, 0.3) is 11.0 Å². The third-order valence-electron chi connectivity index (χ3n) is 2.45. The van der Waals surface area contributed by atoms with E-state index in [1.807, 2.05) is 0 Å². The zero-order valence-corrected chi connectivity index (χ0v) is 9.21. The molecule has 1 aromatic carbocycles. The van der Waals surface area contributed by atoms with Crippen molar-refractivity contribution in [3.63, 3.8) is 0 Å². The van der Waals surface area contributed by atoms with Crippen molar-refractivity contribution in [3.05, 3.63) is 27.6 Å². The van der Waals surface area contributed by atoms with Crippen molar-refractivity contribution >= 4 is 33.6 Å². The second-order valence-corrected chi connectivity index (χ2v) is 4.69. The van der Waals surface area contributed by atoms with Gasteiger partial charge in [0.2, 0.25) is 0 Å². The van der Waals surface area contributed by atoms with E-state index in [1.165, 1.54) is 27.8 Å². The van der Waals surface area contributed by atoms with Crippen LogP contribution in [0, 0.1) is 3.57 Å². The molecule has 0 unspecified atom stereocenters. The number of nitrogens with one attached hydrogen (secondary N) is 1. The summed E-state index contributed by atoms with van der Waals surface area (Å²) in [7, 11) is 0. The van der Waals surface area contributed by atoms with E-state index in [0.717, 1.165) is 5.52 Å². The Morgan fingerprint density at radius 2 is 2.23 bits per heavy atom. The highest BCUT2D eigenvalue weighted by atomic mass is 127. The van der Waals surface area contributed by atoms with Crippen molar-refractivity contribution in [3.8, 4) is 0 Å². The number of rotatable bonds is 1. The largest absolute Gasteiger partial charge is 0.342 e. The Kier molecular flexibility index (Phi) is 1.62. The lowest BCUT2D eigenvalue weighted by Crippen LogP contribution is -1.79. The van der Waals surface area contributed by atoms with E-state index in [1.54, 1.807) is 0 Å². The van der Waals surface area contributed by atoms with Gasteiger partial charge in [-0.2, -0.15) is 0 Å². The minimum absolute atomic E-state index is 0.711. The maximum Gasteiger partial charge on any atom is 0.110 e. The number of aromatic nitrogens is 2. The molecular weight excluding hydrogens is 275 g/mol. The molecular formula is C10H9IN2. The van der Waals surface area contributed by atoms with Crippen LogP contribution in [0.4, 0.5) is 0 Å². The summed E-state index contributed by atoms with van der Waals surface area (Å²) in [5, 5.41) is 0. The molecule has 1 N–H and O–H groups in total. The highest BCUT2D eigenvalue weighted by Gasteiger charge is 2.26. The van der Waals surface area contributed by atoms with Gasteiger partial charge in [0.1, 0.15) is 11.3 Å². The van der Waals surface area contributed by atoms with Crippen LogP contribution in [-0.4, -0.2) is 9.97 Å². The topological polar surface area (TPSA) is 28.7 Å². The Hall–Kier alpha value is -0.580. The number of fused-ring (bicyclic) bond motifs is 1. The Morgan fingerprint density at radius 1 is 1.38 bits per heavy atom. The zero-order valence-electron chi connectivity index (χ0n) is 7.05. The predicted octanol–water partition coefficient (Wildman–Crippen LogP) is 3.04. The van der Waals surface area contributed by atoms with E-state index in [9.17, 15) is 0 Å². The summed E-state index contributed by atoms with van der Waals surface area (Å²) in [6.45, 7) is 0. The number of halogens is 1. The Balaban J connectivity index is 2.26.